The number of carbonyl (C=O) groups excluding carboxylic acids is 1. The Kier molecular flexibility index (Phi) is 8.75. The molecule has 0 bridgehead atoms. The zero-order valence-electron chi connectivity index (χ0n) is 18.3. The van der Waals surface area contributed by atoms with E-state index in [2.05, 4.69) is 10.0 Å². The van der Waals surface area contributed by atoms with Crippen molar-refractivity contribution >= 4 is 15.9 Å². The zero-order chi connectivity index (χ0) is 22.8. The number of hydrogen-bond donors (Lipinski definition) is 2. The third kappa shape index (κ3) is 7.13. The number of rotatable bonds is 12. The molecule has 1 aliphatic heterocycles. The Morgan fingerprint density at radius 2 is 1.72 bits per heavy atom. The van der Waals surface area contributed by atoms with Crippen molar-refractivity contribution in [1.29, 1.82) is 0 Å². The highest BCUT2D eigenvalue weighted by Crippen LogP contribution is 2.32. The first-order valence-electron chi connectivity index (χ1n) is 10.8. The van der Waals surface area contributed by atoms with Crippen LogP contribution in [0.4, 0.5) is 0 Å². The molecule has 0 atom stereocenters. The molecule has 1 aliphatic rings. The first-order chi connectivity index (χ1) is 15.5. The van der Waals surface area contributed by atoms with E-state index in [0.717, 1.165) is 24.2 Å². The number of amides is 1. The van der Waals surface area contributed by atoms with Crippen LogP contribution in [0.15, 0.2) is 47.4 Å². The Morgan fingerprint density at radius 3 is 2.47 bits per heavy atom. The number of benzene rings is 2. The molecule has 0 spiro atoms. The molecule has 0 unspecified atom stereocenters. The number of hydrogen-bond acceptors (Lipinski definition) is 6. The van der Waals surface area contributed by atoms with Crippen LogP contribution >= 0.6 is 0 Å². The quantitative estimate of drug-likeness (QED) is 0.470. The summed E-state index contributed by atoms with van der Waals surface area (Å²) in [6, 6.07) is 12.4. The molecule has 32 heavy (non-hydrogen) atoms. The van der Waals surface area contributed by atoms with Crippen LogP contribution in [0.1, 0.15) is 31.2 Å². The van der Waals surface area contributed by atoms with Crippen LogP contribution in [-0.2, 0) is 21.2 Å². The lowest BCUT2D eigenvalue weighted by molar-refractivity contribution is -0.121. The van der Waals surface area contributed by atoms with Crippen LogP contribution in [0.3, 0.4) is 0 Å². The van der Waals surface area contributed by atoms with Crippen molar-refractivity contribution in [2.75, 3.05) is 33.4 Å². The van der Waals surface area contributed by atoms with Gasteiger partial charge in [0.05, 0.1) is 12.0 Å². The predicted octanol–water partition coefficient (Wildman–Crippen LogP) is 2.66. The van der Waals surface area contributed by atoms with E-state index in [4.69, 9.17) is 14.2 Å². The Morgan fingerprint density at radius 1 is 0.969 bits per heavy atom. The molecule has 0 fully saturated rings. The molecule has 0 radical (unpaired) electrons. The highest BCUT2D eigenvalue weighted by atomic mass is 32.2. The summed E-state index contributed by atoms with van der Waals surface area (Å²) in [7, 11) is -1.98. The number of methoxy groups -OCH3 is 1. The van der Waals surface area contributed by atoms with Crippen LogP contribution in [0.2, 0.25) is 0 Å². The van der Waals surface area contributed by atoms with Gasteiger partial charge in [0.15, 0.2) is 11.5 Å². The molecule has 9 heteroatoms. The predicted molar refractivity (Wildman–Crippen MR) is 121 cm³/mol. The average molecular weight is 463 g/mol. The summed E-state index contributed by atoms with van der Waals surface area (Å²) in [5.74, 6) is 1.82. The SMILES string of the molecule is COc1ccc(CCNC(=O)CCCCCNS(=O)(=O)c2ccc3c(c2)OCCO3)cc1. The van der Waals surface area contributed by atoms with Gasteiger partial charge in [-0.2, -0.15) is 0 Å². The Hall–Kier alpha value is -2.78. The van der Waals surface area contributed by atoms with Crippen LogP contribution in [0.5, 0.6) is 17.2 Å². The summed E-state index contributed by atoms with van der Waals surface area (Å²) in [5.41, 5.74) is 1.14. The summed E-state index contributed by atoms with van der Waals surface area (Å²) >= 11 is 0. The second kappa shape index (κ2) is 11.7. The topological polar surface area (TPSA) is 103 Å². The number of nitrogens with one attached hydrogen (secondary N) is 2. The van der Waals surface area contributed by atoms with E-state index in [1.54, 1.807) is 13.2 Å². The van der Waals surface area contributed by atoms with Crippen molar-refractivity contribution in [2.24, 2.45) is 0 Å². The number of carbonyl (C=O) groups is 1. The third-order valence-corrected chi connectivity index (χ3v) is 6.55. The van der Waals surface area contributed by atoms with Crippen LogP contribution in [-0.4, -0.2) is 47.7 Å². The molecule has 2 aromatic carbocycles. The van der Waals surface area contributed by atoms with Gasteiger partial charge in [-0.05, 0) is 49.1 Å². The number of sulfonamides is 1. The van der Waals surface area contributed by atoms with E-state index in [1.807, 2.05) is 24.3 Å². The lowest BCUT2D eigenvalue weighted by Crippen LogP contribution is -2.26. The minimum absolute atomic E-state index is 0.00960. The van der Waals surface area contributed by atoms with E-state index in [9.17, 15) is 13.2 Å². The molecular formula is C23H30N2O6S. The molecule has 0 aliphatic carbocycles. The maximum absolute atomic E-state index is 12.5. The fraction of sp³-hybridized carbons (Fsp3) is 0.435. The minimum atomic E-state index is -3.61. The Balaban J connectivity index is 1.28. The monoisotopic (exact) mass is 462 g/mol. The van der Waals surface area contributed by atoms with Crippen molar-refractivity contribution in [2.45, 2.75) is 37.0 Å². The van der Waals surface area contributed by atoms with Gasteiger partial charge in [0, 0.05) is 25.6 Å². The lowest BCUT2D eigenvalue weighted by atomic mass is 10.1. The normalized spacial score (nSPS) is 12.9. The Labute approximate surface area is 189 Å². The van der Waals surface area contributed by atoms with Gasteiger partial charge < -0.3 is 19.5 Å². The summed E-state index contributed by atoms with van der Waals surface area (Å²) < 4.78 is 43.5. The second-order valence-corrected chi connectivity index (χ2v) is 9.23. The van der Waals surface area contributed by atoms with Gasteiger partial charge in [0.25, 0.3) is 0 Å². The lowest BCUT2D eigenvalue weighted by Gasteiger charge is -2.18. The molecule has 2 N–H and O–H groups in total. The van der Waals surface area contributed by atoms with Crippen LogP contribution < -0.4 is 24.2 Å². The number of fused-ring (bicyclic) bond motifs is 1. The molecule has 174 valence electrons. The van der Waals surface area contributed by atoms with Crippen molar-refractivity contribution in [3.8, 4) is 17.2 Å². The fourth-order valence-corrected chi connectivity index (χ4v) is 4.38. The minimum Gasteiger partial charge on any atom is -0.497 e. The standard InChI is InChI=1S/C23H30N2O6S/c1-29-19-8-6-18(7-9-19)12-14-24-23(26)5-3-2-4-13-25-32(27,28)20-10-11-21-22(17-20)31-16-15-30-21/h6-11,17,25H,2-5,12-16H2,1H3,(H,24,26). The third-order valence-electron chi connectivity index (χ3n) is 5.09. The van der Waals surface area contributed by atoms with Gasteiger partial charge in [-0.1, -0.05) is 18.6 Å². The van der Waals surface area contributed by atoms with Crippen molar-refractivity contribution in [3.63, 3.8) is 0 Å². The van der Waals surface area contributed by atoms with Gasteiger partial charge in [0.2, 0.25) is 15.9 Å². The van der Waals surface area contributed by atoms with E-state index in [1.165, 1.54) is 12.1 Å². The van der Waals surface area contributed by atoms with Gasteiger partial charge >= 0.3 is 0 Å². The maximum atomic E-state index is 12.5. The Bertz CT molecular complexity index is 992. The van der Waals surface area contributed by atoms with Gasteiger partial charge in [-0.3, -0.25) is 4.79 Å². The van der Waals surface area contributed by atoms with Gasteiger partial charge in [-0.25, -0.2) is 13.1 Å². The van der Waals surface area contributed by atoms with Crippen LogP contribution in [0, 0.1) is 0 Å². The van der Waals surface area contributed by atoms with Gasteiger partial charge in [0.1, 0.15) is 19.0 Å². The molecule has 2 aromatic rings. The molecule has 3 rings (SSSR count). The summed E-state index contributed by atoms with van der Waals surface area (Å²) in [6.45, 7) is 1.76. The molecular weight excluding hydrogens is 432 g/mol. The maximum Gasteiger partial charge on any atom is 0.240 e. The first kappa shape index (κ1) is 23.9. The summed E-state index contributed by atoms with van der Waals surface area (Å²) in [6.07, 6.45) is 3.31. The average Bonchev–Trinajstić information content (AvgIpc) is 2.81. The summed E-state index contributed by atoms with van der Waals surface area (Å²) in [5, 5.41) is 2.92. The highest BCUT2D eigenvalue weighted by Gasteiger charge is 2.18. The number of unbranched alkanes of at least 4 members (excludes halogenated alkanes) is 2. The van der Waals surface area contributed by atoms with E-state index >= 15 is 0 Å². The highest BCUT2D eigenvalue weighted by molar-refractivity contribution is 7.89. The zero-order valence-corrected chi connectivity index (χ0v) is 19.1. The largest absolute Gasteiger partial charge is 0.497 e. The first-order valence-corrected chi connectivity index (χ1v) is 12.3. The smallest absolute Gasteiger partial charge is 0.240 e. The second-order valence-electron chi connectivity index (χ2n) is 7.46. The molecule has 8 nitrogen and oxygen atoms in total. The summed E-state index contributed by atoms with van der Waals surface area (Å²) in [4.78, 5) is 12.1. The van der Waals surface area contributed by atoms with E-state index in [0.29, 0.717) is 57.1 Å². The molecule has 0 saturated carbocycles. The molecule has 1 heterocycles. The number of ether oxygens (including phenoxy) is 3. The van der Waals surface area contributed by atoms with Crippen molar-refractivity contribution < 1.29 is 27.4 Å². The van der Waals surface area contributed by atoms with E-state index in [-0.39, 0.29) is 10.8 Å². The van der Waals surface area contributed by atoms with Crippen molar-refractivity contribution in [3.05, 3.63) is 48.0 Å². The molecule has 1 amide bonds. The van der Waals surface area contributed by atoms with Crippen molar-refractivity contribution in [1.82, 2.24) is 10.0 Å². The fourth-order valence-electron chi connectivity index (χ4n) is 3.29. The van der Waals surface area contributed by atoms with Gasteiger partial charge in [-0.15, -0.1) is 0 Å². The molecule has 0 saturated heterocycles. The van der Waals surface area contributed by atoms with E-state index < -0.39 is 10.0 Å². The van der Waals surface area contributed by atoms with Crippen LogP contribution in [0.25, 0.3) is 0 Å². The molecule has 0 aromatic heterocycles.